The first kappa shape index (κ1) is 17.3. The molecule has 0 bridgehead atoms. The highest BCUT2D eigenvalue weighted by Crippen LogP contribution is 2.43. The van der Waals surface area contributed by atoms with Crippen LogP contribution in [-0.2, 0) is 14.3 Å². The van der Waals surface area contributed by atoms with Crippen molar-refractivity contribution in [3.8, 4) is 5.75 Å². The Labute approximate surface area is 147 Å². The molecular weight excluding hydrogens is 318 g/mol. The highest BCUT2D eigenvalue weighted by Gasteiger charge is 2.38. The monoisotopic (exact) mass is 341 g/mol. The van der Waals surface area contributed by atoms with E-state index in [2.05, 4.69) is 5.32 Å². The molecule has 5 heteroatoms. The standard InChI is InChI=1S/C20H23NO4/c1-4-25-14-8-5-7-13(11-14)18-17(20(23)24-3)12(2)21-15-9-6-10-16(22)19(15)18/h5,7-8,11,18,21H,4,6,9-10H2,1-3H3. The van der Waals surface area contributed by atoms with Crippen molar-refractivity contribution < 1.29 is 19.1 Å². The summed E-state index contributed by atoms with van der Waals surface area (Å²) >= 11 is 0. The zero-order chi connectivity index (χ0) is 18.0. The number of hydrogen-bond donors (Lipinski definition) is 1. The fourth-order valence-electron chi connectivity index (χ4n) is 3.65. The molecule has 1 N–H and O–H groups in total. The lowest BCUT2D eigenvalue weighted by Crippen LogP contribution is -2.34. The van der Waals surface area contributed by atoms with Crippen LogP contribution in [0.15, 0.2) is 46.8 Å². The number of ketones is 1. The number of esters is 1. The van der Waals surface area contributed by atoms with Gasteiger partial charge in [0.15, 0.2) is 5.78 Å². The van der Waals surface area contributed by atoms with E-state index in [0.717, 1.165) is 35.5 Å². The first-order valence-electron chi connectivity index (χ1n) is 8.62. The number of hydrogen-bond acceptors (Lipinski definition) is 5. The minimum absolute atomic E-state index is 0.0921. The Morgan fingerprint density at radius 3 is 2.84 bits per heavy atom. The average molecular weight is 341 g/mol. The van der Waals surface area contributed by atoms with Gasteiger partial charge >= 0.3 is 5.97 Å². The number of allylic oxidation sites excluding steroid dienone is 3. The van der Waals surface area contributed by atoms with Crippen LogP contribution in [0, 0.1) is 0 Å². The Bertz CT molecular complexity index is 776. The van der Waals surface area contributed by atoms with Crippen LogP contribution in [0.2, 0.25) is 0 Å². The van der Waals surface area contributed by atoms with Gasteiger partial charge in [0.25, 0.3) is 0 Å². The number of dihydropyridines is 1. The van der Waals surface area contributed by atoms with Crippen molar-refractivity contribution in [2.24, 2.45) is 0 Å². The molecule has 3 rings (SSSR count). The third-order valence-electron chi connectivity index (χ3n) is 4.68. The van der Waals surface area contributed by atoms with E-state index in [1.54, 1.807) is 0 Å². The first-order chi connectivity index (χ1) is 12.1. The van der Waals surface area contributed by atoms with Gasteiger partial charge in [-0.25, -0.2) is 4.79 Å². The van der Waals surface area contributed by atoms with Crippen molar-refractivity contribution in [2.45, 2.75) is 39.0 Å². The van der Waals surface area contributed by atoms with E-state index in [1.807, 2.05) is 38.1 Å². The molecule has 1 aromatic rings. The molecule has 0 aromatic heterocycles. The van der Waals surface area contributed by atoms with Gasteiger partial charge < -0.3 is 14.8 Å². The van der Waals surface area contributed by atoms with E-state index >= 15 is 0 Å². The normalized spacial score (nSPS) is 20.1. The molecule has 0 spiro atoms. The summed E-state index contributed by atoms with van der Waals surface area (Å²) in [5.74, 6) is -0.0149. The third kappa shape index (κ3) is 3.18. The van der Waals surface area contributed by atoms with Crippen LogP contribution < -0.4 is 10.1 Å². The van der Waals surface area contributed by atoms with E-state index in [9.17, 15) is 9.59 Å². The third-order valence-corrected chi connectivity index (χ3v) is 4.68. The van der Waals surface area contributed by atoms with Crippen LogP contribution >= 0.6 is 0 Å². The van der Waals surface area contributed by atoms with Crippen LogP contribution in [-0.4, -0.2) is 25.5 Å². The van der Waals surface area contributed by atoms with E-state index < -0.39 is 11.9 Å². The quantitative estimate of drug-likeness (QED) is 0.852. The van der Waals surface area contributed by atoms with E-state index in [4.69, 9.17) is 9.47 Å². The second-order valence-corrected chi connectivity index (χ2v) is 6.26. The summed E-state index contributed by atoms with van der Waals surface area (Å²) in [5, 5.41) is 3.26. The Kier molecular flexibility index (Phi) is 4.93. The molecular formula is C20H23NO4. The van der Waals surface area contributed by atoms with Crippen LogP contribution in [0.3, 0.4) is 0 Å². The molecule has 0 fully saturated rings. The average Bonchev–Trinajstić information content (AvgIpc) is 2.60. The molecule has 1 aromatic carbocycles. The lowest BCUT2D eigenvalue weighted by atomic mass is 9.75. The topological polar surface area (TPSA) is 64.6 Å². The van der Waals surface area contributed by atoms with Gasteiger partial charge in [-0.1, -0.05) is 12.1 Å². The molecule has 1 heterocycles. The predicted octanol–water partition coefficient (Wildman–Crippen LogP) is 3.23. The maximum absolute atomic E-state index is 12.7. The first-order valence-corrected chi connectivity index (χ1v) is 8.62. The molecule has 5 nitrogen and oxygen atoms in total. The molecule has 1 aliphatic heterocycles. The molecule has 0 radical (unpaired) electrons. The van der Waals surface area contributed by atoms with Crippen LogP contribution in [0.5, 0.6) is 5.75 Å². The predicted molar refractivity (Wildman–Crippen MR) is 94.1 cm³/mol. The van der Waals surface area contributed by atoms with Crippen LogP contribution in [0.1, 0.15) is 44.6 Å². The minimum Gasteiger partial charge on any atom is -0.494 e. The Morgan fingerprint density at radius 1 is 1.32 bits per heavy atom. The summed E-state index contributed by atoms with van der Waals surface area (Å²) in [6.45, 7) is 4.34. The molecule has 0 saturated carbocycles. The highest BCUT2D eigenvalue weighted by molar-refractivity contribution is 6.03. The number of ether oxygens (including phenoxy) is 2. The highest BCUT2D eigenvalue weighted by atomic mass is 16.5. The van der Waals surface area contributed by atoms with Gasteiger partial charge in [0.2, 0.25) is 0 Å². The molecule has 1 aliphatic carbocycles. The summed E-state index contributed by atoms with van der Waals surface area (Å²) in [4.78, 5) is 25.1. The summed E-state index contributed by atoms with van der Waals surface area (Å²) in [7, 11) is 1.36. The van der Waals surface area contributed by atoms with Crippen molar-refractivity contribution in [1.29, 1.82) is 0 Å². The maximum Gasteiger partial charge on any atom is 0.336 e. The van der Waals surface area contributed by atoms with Gasteiger partial charge in [-0.15, -0.1) is 0 Å². The summed E-state index contributed by atoms with van der Waals surface area (Å²) in [6, 6.07) is 7.60. The van der Waals surface area contributed by atoms with E-state index in [0.29, 0.717) is 24.2 Å². The molecule has 0 saturated heterocycles. The maximum atomic E-state index is 12.7. The van der Waals surface area contributed by atoms with Gasteiger partial charge in [-0.3, -0.25) is 4.79 Å². The number of benzene rings is 1. The number of carbonyl (C=O) groups is 2. The second-order valence-electron chi connectivity index (χ2n) is 6.26. The number of methoxy groups -OCH3 is 1. The van der Waals surface area contributed by atoms with Crippen LogP contribution in [0.25, 0.3) is 0 Å². The van der Waals surface area contributed by atoms with Crippen molar-refractivity contribution >= 4 is 11.8 Å². The number of carbonyl (C=O) groups excluding carboxylic acids is 2. The molecule has 1 atom stereocenters. The largest absolute Gasteiger partial charge is 0.494 e. The molecule has 25 heavy (non-hydrogen) atoms. The second kappa shape index (κ2) is 7.13. The van der Waals surface area contributed by atoms with Gasteiger partial charge in [-0.2, -0.15) is 0 Å². The SMILES string of the molecule is CCOc1cccc(C2C(C(=O)OC)=C(C)NC3=C2C(=O)CCC3)c1. The van der Waals surface area contributed by atoms with Crippen molar-refractivity contribution in [2.75, 3.05) is 13.7 Å². The lowest BCUT2D eigenvalue weighted by Gasteiger charge is -2.34. The van der Waals surface area contributed by atoms with Crippen molar-refractivity contribution in [1.82, 2.24) is 5.32 Å². The Balaban J connectivity index is 2.16. The fraction of sp³-hybridized carbons (Fsp3) is 0.400. The van der Waals surface area contributed by atoms with E-state index in [1.165, 1.54) is 7.11 Å². The molecule has 0 amide bonds. The van der Waals surface area contributed by atoms with Crippen molar-refractivity contribution in [3.63, 3.8) is 0 Å². The van der Waals surface area contributed by atoms with Gasteiger partial charge in [0, 0.05) is 29.3 Å². The molecule has 1 unspecified atom stereocenters. The molecule has 132 valence electrons. The fourth-order valence-corrected chi connectivity index (χ4v) is 3.65. The Hall–Kier alpha value is -2.56. The van der Waals surface area contributed by atoms with Gasteiger partial charge in [0.1, 0.15) is 5.75 Å². The molecule has 2 aliphatic rings. The minimum atomic E-state index is -0.420. The lowest BCUT2D eigenvalue weighted by molar-refractivity contribution is -0.136. The van der Waals surface area contributed by atoms with Gasteiger partial charge in [0.05, 0.1) is 19.3 Å². The van der Waals surface area contributed by atoms with Gasteiger partial charge in [-0.05, 0) is 44.4 Å². The van der Waals surface area contributed by atoms with E-state index in [-0.39, 0.29) is 5.78 Å². The smallest absolute Gasteiger partial charge is 0.336 e. The summed E-state index contributed by atoms with van der Waals surface area (Å²) < 4.78 is 10.6. The number of rotatable bonds is 4. The summed E-state index contributed by atoms with van der Waals surface area (Å²) in [6.07, 6.45) is 2.15. The summed E-state index contributed by atoms with van der Waals surface area (Å²) in [5.41, 5.74) is 3.71. The zero-order valence-corrected chi connectivity index (χ0v) is 14.8. The Morgan fingerprint density at radius 2 is 2.12 bits per heavy atom. The zero-order valence-electron chi connectivity index (χ0n) is 14.8. The van der Waals surface area contributed by atoms with Crippen LogP contribution in [0.4, 0.5) is 0 Å². The van der Waals surface area contributed by atoms with Crippen molar-refractivity contribution in [3.05, 3.63) is 52.4 Å². The number of Topliss-reactive ketones (excluding diaryl/α,β-unsaturated/α-hetero) is 1. The number of nitrogens with one attached hydrogen (secondary N) is 1.